The van der Waals surface area contributed by atoms with Crippen LogP contribution in [0.15, 0.2) is 12.7 Å². The number of carbonyl (C=O) groups is 1. The molecule has 2 heterocycles. The van der Waals surface area contributed by atoms with Gasteiger partial charge in [-0.05, 0) is 12.8 Å². The van der Waals surface area contributed by atoms with Gasteiger partial charge in [0.25, 0.3) is 0 Å². The van der Waals surface area contributed by atoms with Crippen molar-refractivity contribution in [3.63, 3.8) is 0 Å². The maximum absolute atomic E-state index is 10.9. The summed E-state index contributed by atoms with van der Waals surface area (Å²) in [4.78, 5) is 12.9. The van der Waals surface area contributed by atoms with Crippen molar-refractivity contribution >= 4 is 5.97 Å². The second-order valence-corrected chi connectivity index (χ2v) is 5.09. The number of ether oxygens (including phenoxy) is 2. The van der Waals surface area contributed by atoms with E-state index in [1.807, 2.05) is 4.90 Å². The molecule has 0 aromatic heterocycles. The molecule has 102 valence electrons. The van der Waals surface area contributed by atoms with Crippen LogP contribution in [0.25, 0.3) is 0 Å². The van der Waals surface area contributed by atoms with Gasteiger partial charge in [0.1, 0.15) is 0 Å². The number of rotatable bonds is 5. The number of carboxylic acids is 1. The van der Waals surface area contributed by atoms with E-state index in [-0.39, 0.29) is 18.2 Å². The van der Waals surface area contributed by atoms with Crippen molar-refractivity contribution in [2.24, 2.45) is 0 Å². The third-order valence-electron chi connectivity index (χ3n) is 3.75. The molecule has 0 aromatic carbocycles. The van der Waals surface area contributed by atoms with E-state index in [0.29, 0.717) is 19.8 Å². The summed E-state index contributed by atoms with van der Waals surface area (Å²) in [6, 6.07) is 0.245. The first-order chi connectivity index (χ1) is 8.65. The fourth-order valence-corrected chi connectivity index (χ4v) is 2.86. The third-order valence-corrected chi connectivity index (χ3v) is 3.75. The first-order valence-electron chi connectivity index (χ1n) is 6.44. The molecule has 5 heteroatoms. The zero-order valence-electron chi connectivity index (χ0n) is 10.6. The van der Waals surface area contributed by atoms with E-state index in [4.69, 9.17) is 14.6 Å². The molecule has 2 fully saturated rings. The normalized spacial score (nSPS) is 31.9. The van der Waals surface area contributed by atoms with Crippen LogP contribution in [-0.2, 0) is 14.3 Å². The van der Waals surface area contributed by atoms with E-state index in [1.165, 1.54) is 0 Å². The summed E-state index contributed by atoms with van der Waals surface area (Å²) in [5, 5.41) is 8.97. The van der Waals surface area contributed by atoms with E-state index >= 15 is 0 Å². The Hall–Kier alpha value is -0.910. The fourth-order valence-electron chi connectivity index (χ4n) is 2.86. The topological polar surface area (TPSA) is 59.0 Å². The summed E-state index contributed by atoms with van der Waals surface area (Å²) in [5.41, 5.74) is -0.180. The molecule has 2 atom stereocenters. The van der Waals surface area contributed by atoms with E-state index < -0.39 is 5.97 Å². The molecule has 2 unspecified atom stereocenters. The molecule has 2 saturated heterocycles. The van der Waals surface area contributed by atoms with Crippen molar-refractivity contribution in [3.8, 4) is 0 Å². The maximum Gasteiger partial charge on any atom is 0.317 e. The van der Waals surface area contributed by atoms with Gasteiger partial charge in [0, 0.05) is 32.2 Å². The van der Waals surface area contributed by atoms with Crippen molar-refractivity contribution < 1.29 is 19.4 Å². The second kappa shape index (κ2) is 5.82. The zero-order valence-corrected chi connectivity index (χ0v) is 10.6. The molecule has 2 aliphatic rings. The van der Waals surface area contributed by atoms with Crippen LogP contribution in [-0.4, -0.2) is 60.5 Å². The summed E-state index contributed by atoms with van der Waals surface area (Å²) in [6.45, 7) is 6.43. The van der Waals surface area contributed by atoms with Crippen LogP contribution in [0.4, 0.5) is 0 Å². The van der Waals surface area contributed by atoms with Crippen LogP contribution < -0.4 is 0 Å². The SMILES string of the molecule is C=CCN(CC(=O)O)C1CCOC2(CCOC2)C1. The molecule has 5 nitrogen and oxygen atoms in total. The van der Waals surface area contributed by atoms with E-state index in [9.17, 15) is 4.79 Å². The van der Waals surface area contributed by atoms with Crippen molar-refractivity contribution in [2.45, 2.75) is 30.9 Å². The lowest BCUT2D eigenvalue weighted by molar-refractivity contribution is -0.142. The summed E-state index contributed by atoms with van der Waals surface area (Å²) in [5.74, 6) is -0.792. The summed E-state index contributed by atoms with van der Waals surface area (Å²) >= 11 is 0. The van der Waals surface area contributed by atoms with Gasteiger partial charge in [-0.25, -0.2) is 0 Å². The minimum absolute atomic E-state index is 0.0631. The molecule has 0 bridgehead atoms. The Bertz CT molecular complexity index is 312. The Morgan fingerprint density at radius 1 is 1.56 bits per heavy atom. The number of hydrogen-bond acceptors (Lipinski definition) is 4. The molecule has 2 rings (SSSR count). The highest BCUT2D eigenvalue weighted by Gasteiger charge is 2.42. The standard InChI is InChI=1S/C13H21NO4/c1-2-5-14(9-12(15)16)11-3-6-18-13(8-11)4-7-17-10-13/h2,11H,1,3-10H2,(H,15,16). The monoisotopic (exact) mass is 255 g/mol. The number of hydrogen-bond donors (Lipinski definition) is 1. The second-order valence-electron chi connectivity index (χ2n) is 5.09. The Morgan fingerprint density at radius 2 is 2.39 bits per heavy atom. The molecule has 1 N–H and O–H groups in total. The van der Waals surface area contributed by atoms with Crippen LogP contribution in [0, 0.1) is 0 Å². The van der Waals surface area contributed by atoms with Crippen LogP contribution in [0.3, 0.4) is 0 Å². The average molecular weight is 255 g/mol. The number of carboxylic acid groups (broad SMARTS) is 1. The van der Waals surface area contributed by atoms with Gasteiger partial charge in [-0.3, -0.25) is 9.69 Å². The average Bonchev–Trinajstić information content (AvgIpc) is 2.76. The first-order valence-corrected chi connectivity index (χ1v) is 6.44. The van der Waals surface area contributed by atoms with Crippen LogP contribution in [0.5, 0.6) is 0 Å². The summed E-state index contributed by atoms with van der Waals surface area (Å²) < 4.78 is 11.3. The Labute approximate surface area is 107 Å². The smallest absolute Gasteiger partial charge is 0.317 e. The molecular weight excluding hydrogens is 234 g/mol. The van der Waals surface area contributed by atoms with Gasteiger partial charge in [-0.2, -0.15) is 0 Å². The van der Waals surface area contributed by atoms with Crippen molar-refractivity contribution in [3.05, 3.63) is 12.7 Å². The maximum atomic E-state index is 10.9. The minimum Gasteiger partial charge on any atom is -0.480 e. The summed E-state index contributed by atoms with van der Waals surface area (Å²) in [6.07, 6.45) is 4.41. The van der Waals surface area contributed by atoms with Gasteiger partial charge in [0.05, 0.1) is 18.8 Å². The molecule has 0 aliphatic carbocycles. The highest BCUT2D eigenvalue weighted by Crippen LogP contribution is 2.34. The molecule has 0 amide bonds. The number of aliphatic carboxylic acids is 1. The van der Waals surface area contributed by atoms with Gasteiger partial charge in [-0.1, -0.05) is 6.08 Å². The molecule has 0 aromatic rings. The van der Waals surface area contributed by atoms with Crippen molar-refractivity contribution in [1.82, 2.24) is 4.90 Å². The Morgan fingerprint density at radius 3 is 3.00 bits per heavy atom. The predicted octanol–water partition coefficient (Wildman–Crippen LogP) is 0.897. The largest absolute Gasteiger partial charge is 0.480 e. The van der Waals surface area contributed by atoms with Gasteiger partial charge in [-0.15, -0.1) is 6.58 Å². The predicted molar refractivity (Wildman–Crippen MR) is 66.5 cm³/mol. The summed E-state index contributed by atoms with van der Waals surface area (Å²) in [7, 11) is 0. The molecule has 2 aliphatic heterocycles. The lowest BCUT2D eigenvalue weighted by atomic mass is 9.89. The molecule has 0 saturated carbocycles. The highest BCUT2D eigenvalue weighted by atomic mass is 16.6. The Balaban J connectivity index is 2.00. The van der Waals surface area contributed by atoms with Gasteiger partial charge >= 0.3 is 5.97 Å². The minimum atomic E-state index is -0.792. The van der Waals surface area contributed by atoms with E-state index in [0.717, 1.165) is 25.9 Å². The van der Waals surface area contributed by atoms with Crippen LogP contribution >= 0.6 is 0 Å². The Kier molecular flexibility index (Phi) is 4.37. The van der Waals surface area contributed by atoms with E-state index in [2.05, 4.69) is 6.58 Å². The van der Waals surface area contributed by atoms with Crippen LogP contribution in [0.2, 0.25) is 0 Å². The quantitative estimate of drug-likeness (QED) is 0.740. The first kappa shape index (κ1) is 13.5. The zero-order chi connectivity index (χ0) is 13.0. The fraction of sp³-hybridized carbons (Fsp3) is 0.769. The van der Waals surface area contributed by atoms with Crippen LogP contribution in [0.1, 0.15) is 19.3 Å². The highest BCUT2D eigenvalue weighted by molar-refractivity contribution is 5.69. The molecule has 0 radical (unpaired) electrons. The lowest BCUT2D eigenvalue weighted by Crippen LogP contribution is -2.50. The van der Waals surface area contributed by atoms with Gasteiger partial charge in [0.2, 0.25) is 0 Å². The van der Waals surface area contributed by atoms with Crippen molar-refractivity contribution in [1.29, 1.82) is 0 Å². The van der Waals surface area contributed by atoms with Gasteiger partial charge in [0.15, 0.2) is 0 Å². The molecule has 1 spiro atoms. The van der Waals surface area contributed by atoms with Crippen molar-refractivity contribution in [2.75, 3.05) is 32.9 Å². The van der Waals surface area contributed by atoms with Gasteiger partial charge < -0.3 is 14.6 Å². The molecular formula is C13H21NO4. The van der Waals surface area contributed by atoms with E-state index in [1.54, 1.807) is 6.08 Å². The molecule has 18 heavy (non-hydrogen) atoms. The number of nitrogens with zero attached hydrogens (tertiary/aromatic N) is 1. The lowest BCUT2D eigenvalue weighted by Gasteiger charge is -2.41. The third kappa shape index (κ3) is 3.10.